The van der Waals surface area contributed by atoms with Crippen molar-refractivity contribution in [2.45, 2.75) is 42.8 Å². The number of fused-ring (bicyclic) bond motifs is 1. The van der Waals surface area contributed by atoms with Crippen LogP contribution in [0.1, 0.15) is 29.9 Å². The Balaban J connectivity index is 1.70. The van der Waals surface area contributed by atoms with E-state index in [0.29, 0.717) is 11.5 Å². The van der Waals surface area contributed by atoms with E-state index in [2.05, 4.69) is 30.1 Å². The fourth-order valence-electron chi connectivity index (χ4n) is 2.89. The summed E-state index contributed by atoms with van der Waals surface area (Å²) in [4.78, 5) is 17.6. The summed E-state index contributed by atoms with van der Waals surface area (Å²) in [5.74, 6) is 1.51. The zero-order chi connectivity index (χ0) is 16.5. The first-order valence-electron chi connectivity index (χ1n) is 7.92. The Morgan fingerprint density at radius 3 is 2.79 bits per heavy atom. The van der Waals surface area contributed by atoms with Crippen LogP contribution in [0.4, 0.5) is 0 Å². The topological polar surface area (TPSA) is 82.3 Å². The molecule has 3 heterocycles. The second-order valence-electron chi connectivity index (χ2n) is 5.77. The van der Waals surface area contributed by atoms with Crippen LogP contribution in [0.15, 0.2) is 28.8 Å². The maximum absolute atomic E-state index is 4.65. The van der Waals surface area contributed by atoms with Crippen LogP contribution >= 0.6 is 11.8 Å². The molecule has 0 saturated carbocycles. The van der Waals surface area contributed by atoms with Gasteiger partial charge in [0.15, 0.2) is 11.0 Å². The van der Waals surface area contributed by atoms with Crippen LogP contribution in [0.25, 0.3) is 11.5 Å². The maximum Gasteiger partial charge on any atom is 0.197 e. The molecular formula is C16H17N7S. The normalized spacial score (nSPS) is 13.8. The lowest BCUT2D eigenvalue weighted by Crippen LogP contribution is -2.10. The van der Waals surface area contributed by atoms with Crippen LogP contribution in [0.5, 0.6) is 0 Å². The lowest BCUT2D eigenvalue weighted by atomic mass is 9.97. The molecule has 3 aromatic heterocycles. The minimum absolute atomic E-state index is 0.699. The minimum atomic E-state index is 0.699. The summed E-state index contributed by atoms with van der Waals surface area (Å²) in [6.45, 7) is 1.95. The highest BCUT2D eigenvalue weighted by Crippen LogP contribution is 2.33. The Hall–Kier alpha value is -2.35. The molecule has 0 N–H and O–H groups in total. The summed E-state index contributed by atoms with van der Waals surface area (Å²) >= 11 is 1.55. The molecule has 1 aliphatic rings. The summed E-state index contributed by atoms with van der Waals surface area (Å²) in [5.41, 5.74) is 3.16. The number of nitrogens with zero attached hydrogens (tertiary/aromatic N) is 7. The first kappa shape index (κ1) is 15.2. The van der Waals surface area contributed by atoms with Gasteiger partial charge in [0.05, 0.1) is 6.20 Å². The summed E-state index contributed by atoms with van der Waals surface area (Å²) in [6.07, 6.45) is 9.45. The highest BCUT2D eigenvalue weighted by atomic mass is 32.2. The SMILES string of the molecule is Cc1nc2c(c(Sc3nnc(-c4cnccn4)n3C)n1)CCCC2. The van der Waals surface area contributed by atoms with E-state index in [1.807, 2.05) is 18.5 Å². The molecule has 0 radical (unpaired) electrons. The predicted octanol–water partition coefficient (Wildman–Crippen LogP) is 2.40. The molecule has 0 amide bonds. The van der Waals surface area contributed by atoms with Crippen molar-refractivity contribution in [3.05, 3.63) is 35.7 Å². The molecule has 0 aromatic carbocycles. The van der Waals surface area contributed by atoms with Gasteiger partial charge < -0.3 is 4.57 Å². The molecule has 4 rings (SSSR count). The second-order valence-corrected chi connectivity index (χ2v) is 6.72. The van der Waals surface area contributed by atoms with E-state index >= 15 is 0 Å². The monoisotopic (exact) mass is 339 g/mol. The average molecular weight is 339 g/mol. The lowest BCUT2D eigenvalue weighted by molar-refractivity contribution is 0.639. The van der Waals surface area contributed by atoms with Crippen molar-refractivity contribution in [2.24, 2.45) is 7.05 Å². The van der Waals surface area contributed by atoms with Crippen LogP contribution in [-0.4, -0.2) is 34.7 Å². The van der Waals surface area contributed by atoms with Gasteiger partial charge in [-0.05, 0) is 44.4 Å². The van der Waals surface area contributed by atoms with Crippen LogP contribution in [-0.2, 0) is 19.9 Å². The quantitative estimate of drug-likeness (QED) is 0.678. The molecule has 0 bridgehead atoms. The lowest BCUT2D eigenvalue weighted by Gasteiger charge is -2.17. The van der Waals surface area contributed by atoms with E-state index in [-0.39, 0.29) is 0 Å². The van der Waals surface area contributed by atoms with Crippen LogP contribution in [0.3, 0.4) is 0 Å². The van der Waals surface area contributed by atoms with Crippen LogP contribution in [0.2, 0.25) is 0 Å². The number of aromatic nitrogens is 7. The van der Waals surface area contributed by atoms with Gasteiger partial charge in [-0.2, -0.15) is 0 Å². The summed E-state index contributed by atoms with van der Waals surface area (Å²) < 4.78 is 1.93. The fraction of sp³-hybridized carbons (Fsp3) is 0.375. The Kier molecular flexibility index (Phi) is 3.97. The molecule has 0 saturated heterocycles. The molecule has 8 heteroatoms. The summed E-state index contributed by atoms with van der Waals surface area (Å²) in [6, 6.07) is 0. The van der Waals surface area contributed by atoms with E-state index in [1.165, 1.54) is 24.1 Å². The zero-order valence-electron chi connectivity index (χ0n) is 13.6. The Morgan fingerprint density at radius 2 is 1.96 bits per heavy atom. The first-order chi connectivity index (χ1) is 11.7. The smallest absolute Gasteiger partial charge is 0.197 e. The number of hydrogen-bond acceptors (Lipinski definition) is 7. The van der Waals surface area contributed by atoms with Gasteiger partial charge in [-0.25, -0.2) is 15.0 Å². The molecule has 0 atom stereocenters. The largest absolute Gasteiger partial charge is 0.303 e. The fourth-order valence-corrected chi connectivity index (χ4v) is 3.89. The van der Waals surface area contributed by atoms with Gasteiger partial charge in [-0.1, -0.05) is 0 Å². The summed E-state index contributed by atoms with van der Waals surface area (Å²) in [7, 11) is 1.94. The Morgan fingerprint density at radius 1 is 1.08 bits per heavy atom. The van der Waals surface area contributed by atoms with E-state index < -0.39 is 0 Å². The van der Waals surface area contributed by atoms with Crippen molar-refractivity contribution in [1.29, 1.82) is 0 Å². The molecule has 24 heavy (non-hydrogen) atoms. The van der Waals surface area contributed by atoms with Crippen LogP contribution < -0.4 is 0 Å². The van der Waals surface area contributed by atoms with Gasteiger partial charge in [-0.3, -0.25) is 4.98 Å². The van der Waals surface area contributed by atoms with Gasteiger partial charge in [0.25, 0.3) is 0 Å². The van der Waals surface area contributed by atoms with Gasteiger partial charge in [0.2, 0.25) is 0 Å². The van der Waals surface area contributed by atoms with Crippen molar-refractivity contribution < 1.29 is 0 Å². The van der Waals surface area contributed by atoms with Crippen molar-refractivity contribution in [3.63, 3.8) is 0 Å². The standard InChI is InChI=1S/C16H17N7S/c1-10-19-12-6-4-3-5-11(12)15(20-10)24-16-22-21-14(23(16)2)13-9-17-7-8-18-13/h7-9H,3-6H2,1-2H3. The maximum atomic E-state index is 4.65. The van der Waals surface area contributed by atoms with Gasteiger partial charge in [0, 0.05) is 30.7 Å². The third-order valence-electron chi connectivity index (χ3n) is 4.07. The van der Waals surface area contributed by atoms with Crippen molar-refractivity contribution in [2.75, 3.05) is 0 Å². The number of aryl methyl sites for hydroxylation is 2. The Labute approximate surface area is 144 Å². The highest BCUT2D eigenvalue weighted by Gasteiger charge is 2.20. The van der Waals surface area contributed by atoms with Crippen molar-refractivity contribution in [3.8, 4) is 11.5 Å². The third kappa shape index (κ3) is 2.77. The average Bonchev–Trinajstić information content (AvgIpc) is 2.96. The number of rotatable bonds is 3. The molecule has 3 aromatic rings. The van der Waals surface area contributed by atoms with Gasteiger partial charge in [0.1, 0.15) is 16.5 Å². The van der Waals surface area contributed by atoms with E-state index in [4.69, 9.17) is 0 Å². The second kappa shape index (κ2) is 6.27. The molecule has 0 unspecified atom stereocenters. The van der Waals surface area contributed by atoms with Gasteiger partial charge >= 0.3 is 0 Å². The molecule has 0 fully saturated rings. The minimum Gasteiger partial charge on any atom is -0.303 e. The molecule has 122 valence electrons. The molecule has 1 aliphatic carbocycles. The van der Waals surface area contributed by atoms with Crippen molar-refractivity contribution >= 4 is 11.8 Å². The zero-order valence-corrected chi connectivity index (χ0v) is 14.4. The van der Waals surface area contributed by atoms with E-state index in [0.717, 1.165) is 28.8 Å². The van der Waals surface area contributed by atoms with Gasteiger partial charge in [-0.15, -0.1) is 10.2 Å². The third-order valence-corrected chi connectivity index (χ3v) is 5.14. The molecular weight excluding hydrogens is 322 g/mol. The van der Waals surface area contributed by atoms with E-state index in [1.54, 1.807) is 30.4 Å². The summed E-state index contributed by atoms with van der Waals surface area (Å²) in [5, 5.41) is 10.4. The predicted molar refractivity (Wildman–Crippen MR) is 89.6 cm³/mol. The van der Waals surface area contributed by atoms with Crippen LogP contribution in [0, 0.1) is 6.92 Å². The van der Waals surface area contributed by atoms with E-state index in [9.17, 15) is 0 Å². The molecule has 0 spiro atoms. The van der Waals surface area contributed by atoms with Crippen molar-refractivity contribution in [1.82, 2.24) is 34.7 Å². The Bertz CT molecular complexity index is 876. The first-order valence-corrected chi connectivity index (χ1v) is 8.74. The molecule has 7 nitrogen and oxygen atoms in total. The number of hydrogen-bond donors (Lipinski definition) is 0. The molecule has 0 aliphatic heterocycles. The highest BCUT2D eigenvalue weighted by molar-refractivity contribution is 7.99.